The number of hydrogen-bond acceptors (Lipinski definition) is 11. The Kier molecular flexibility index (Phi) is 37.6. The van der Waals surface area contributed by atoms with Gasteiger partial charge in [0.15, 0.2) is 24.6 Å². The summed E-state index contributed by atoms with van der Waals surface area (Å²) in [4.78, 5) is 64.0. The van der Waals surface area contributed by atoms with Crippen LogP contribution in [0, 0.1) is 0 Å². The van der Waals surface area contributed by atoms with Crippen LogP contribution in [0.3, 0.4) is 0 Å². The van der Waals surface area contributed by atoms with Crippen LogP contribution in [0.2, 0.25) is 0 Å². The second-order valence-electron chi connectivity index (χ2n) is 18.3. The molecule has 0 aromatic carbocycles. The molecule has 1 rings (SSSR count). The molecule has 0 radical (unpaired) electrons. The van der Waals surface area contributed by atoms with E-state index in [2.05, 4.69) is 13.8 Å². The van der Waals surface area contributed by atoms with E-state index in [-0.39, 0.29) is 25.7 Å². The zero-order chi connectivity index (χ0) is 47.0. The van der Waals surface area contributed by atoms with Crippen molar-refractivity contribution >= 4 is 29.8 Å². The van der Waals surface area contributed by atoms with Gasteiger partial charge < -0.3 is 33.3 Å². The van der Waals surface area contributed by atoms with E-state index < -0.39 is 54.6 Å². The lowest BCUT2D eigenvalue weighted by molar-refractivity contribution is -0.308. The highest BCUT2D eigenvalue weighted by molar-refractivity contribution is 5.76. The highest BCUT2D eigenvalue weighted by atomic mass is 16.7. The van der Waals surface area contributed by atoms with E-state index in [4.69, 9.17) is 28.4 Å². The van der Waals surface area contributed by atoms with Gasteiger partial charge in [0.2, 0.25) is 5.91 Å². The Balaban J connectivity index is 2.73. The number of esters is 4. The molecule has 0 N–H and O–H groups in total. The number of carbonyl (C=O) groups is 5. The maximum atomic E-state index is 13.7. The highest BCUT2D eigenvalue weighted by Gasteiger charge is 2.52. The van der Waals surface area contributed by atoms with Crippen LogP contribution in [0.5, 0.6) is 0 Å². The quantitative estimate of drug-likeness (QED) is 0.0328. The van der Waals surface area contributed by atoms with Crippen LogP contribution in [0.4, 0.5) is 0 Å². The largest absolute Gasteiger partial charge is 0.463 e. The minimum absolute atomic E-state index is 0.0389. The van der Waals surface area contributed by atoms with Gasteiger partial charge in [-0.3, -0.25) is 24.0 Å². The van der Waals surface area contributed by atoms with Crippen LogP contribution in [0.15, 0.2) is 0 Å². The fourth-order valence-corrected chi connectivity index (χ4v) is 8.62. The molecule has 5 atom stereocenters. The molecule has 0 spiro atoms. The first kappa shape index (κ1) is 59.3. The van der Waals surface area contributed by atoms with Gasteiger partial charge in [-0.1, -0.05) is 200 Å². The third-order valence-electron chi connectivity index (χ3n) is 12.2. The summed E-state index contributed by atoms with van der Waals surface area (Å²) >= 11 is 0. The number of hydrogen-bond donors (Lipinski definition) is 0. The molecule has 12 nitrogen and oxygen atoms in total. The van der Waals surface area contributed by atoms with Crippen LogP contribution in [0.1, 0.15) is 247 Å². The molecular weight excluding hydrogens is 815 g/mol. The summed E-state index contributed by atoms with van der Waals surface area (Å²) in [5, 5.41) is 0. The molecule has 64 heavy (non-hydrogen) atoms. The van der Waals surface area contributed by atoms with Gasteiger partial charge in [-0.15, -0.1) is 0 Å². The van der Waals surface area contributed by atoms with Crippen molar-refractivity contribution in [1.82, 2.24) is 4.90 Å². The fourth-order valence-electron chi connectivity index (χ4n) is 8.62. The average molecular weight is 910 g/mol. The normalized spacial score (nSPS) is 18.4. The van der Waals surface area contributed by atoms with Gasteiger partial charge in [0.1, 0.15) is 12.7 Å². The van der Waals surface area contributed by atoms with Crippen molar-refractivity contribution < 1.29 is 52.4 Å². The first-order valence-corrected chi connectivity index (χ1v) is 26.2. The fraction of sp³-hybridized carbons (Fsp3) is 0.904. The van der Waals surface area contributed by atoms with Crippen LogP contribution >= 0.6 is 0 Å². The predicted octanol–water partition coefficient (Wildman–Crippen LogP) is 12.4. The molecule has 0 saturated carbocycles. The van der Waals surface area contributed by atoms with E-state index in [0.717, 1.165) is 38.5 Å². The summed E-state index contributed by atoms with van der Waals surface area (Å²) in [6.45, 7) is 9.92. The molecule has 1 heterocycles. The zero-order valence-corrected chi connectivity index (χ0v) is 41.8. The second kappa shape index (κ2) is 40.5. The van der Waals surface area contributed by atoms with Crippen LogP contribution < -0.4 is 0 Å². The average Bonchev–Trinajstić information content (AvgIpc) is 3.24. The Morgan fingerprint density at radius 3 is 1.17 bits per heavy atom. The molecule has 0 aromatic rings. The van der Waals surface area contributed by atoms with Gasteiger partial charge in [-0.25, -0.2) is 0 Å². The maximum absolute atomic E-state index is 13.7. The molecule has 1 amide bonds. The number of nitrogens with zero attached hydrogens (tertiary/aromatic N) is 1. The highest BCUT2D eigenvalue weighted by Crippen LogP contribution is 2.30. The molecule has 3 unspecified atom stereocenters. The Bertz CT molecular complexity index is 1200. The van der Waals surface area contributed by atoms with E-state index in [1.807, 2.05) is 4.90 Å². The standard InChI is InChI=1S/C52H95NO11/c1-7-9-11-13-15-17-19-21-23-25-27-29-31-33-35-37-39-53(48(58)38-36-34-32-30-28-26-24-22-20-18-16-14-12-10-8-2)40-41-59-52-51(63-46(6)57)50(62-45(5)56)49(61-44(4)55)47(64-52)42-60-43(3)54/h47,49-52H,7-42H2,1-6H3/t47?,49-,50?,51?,52+/m0/s1. The monoisotopic (exact) mass is 910 g/mol. The van der Waals surface area contributed by atoms with E-state index in [9.17, 15) is 24.0 Å². The van der Waals surface area contributed by atoms with Crippen molar-refractivity contribution in [3.05, 3.63) is 0 Å². The van der Waals surface area contributed by atoms with E-state index in [1.165, 1.54) is 188 Å². The topological polar surface area (TPSA) is 144 Å². The molecule has 0 aliphatic carbocycles. The molecule has 0 bridgehead atoms. The number of amides is 1. The van der Waals surface area contributed by atoms with Crippen LogP contribution in [-0.2, 0) is 52.4 Å². The Labute approximate surface area is 390 Å². The van der Waals surface area contributed by atoms with Crippen molar-refractivity contribution in [2.45, 2.75) is 278 Å². The minimum atomic E-state index is -1.31. The first-order valence-electron chi connectivity index (χ1n) is 26.2. The van der Waals surface area contributed by atoms with Gasteiger partial charge >= 0.3 is 23.9 Å². The number of carbonyl (C=O) groups excluding carboxylic acids is 5. The third-order valence-corrected chi connectivity index (χ3v) is 12.2. The van der Waals surface area contributed by atoms with Gasteiger partial charge in [0.05, 0.1) is 6.61 Å². The maximum Gasteiger partial charge on any atom is 0.303 e. The predicted molar refractivity (Wildman–Crippen MR) is 254 cm³/mol. The molecular formula is C52H95NO11. The Morgan fingerprint density at radius 1 is 0.422 bits per heavy atom. The van der Waals surface area contributed by atoms with Crippen molar-refractivity contribution in [3.8, 4) is 0 Å². The van der Waals surface area contributed by atoms with Gasteiger partial charge in [0, 0.05) is 47.2 Å². The van der Waals surface area contributed by atoms with Crippen molar-refractivity contribution in [3.63, 3.8) is 0 Å². The van der Waals surface area contributed by atoms with Crippen molar-refractivity contribution in [2.75, 3.05) is 26.3 Å². The molecule has 1 saturated heterocycles. The molecule has 374 valence electrons. The van der Waals surface area contributed by atoms with E-state index in [1.54, 1.807) is 0 Å². The second-order valence-corrected chi connectivity index (χ2v) is 18.3. The molecule has 1 fully saturated rings. The third kappa shape index (κ3) is 32.0. The number of ether oxygens (including phenoxy) is 6. The summed E-state index contributed by atoms with van der Waals surface area (Å²) in [5.74, 6) is -2.60. The summed E-state index contributed by atoms with van der Waals surface area (Å²) in [6.07, 6.45) is 33.6. The lowest BCUT2D eigenvalue weighted by Crippen LogP contribution is -2.63. The zero-order valence-electron chi connectivity index (χ0n) is 41.8. The van der Waals surface area contributed by atoms with E-state index >= 15 is 0 Å². The lowest BCUT2D eigenvalue weighted by atomic mass is 9.98. The molecule has 1 aliphatic heterocycles. The lowest BCUT2D eigenvalue weighted by Gasteiger charge is -2.44. The van der Waals surface area contributed by atoms with Crippen molar-refractivity contribution in [1.29, 1.82) is 0 Å². The van der Waals surface area contributed by atoms with Crippen LogP contribution in [-0.4, -0.2) is 91.7 Å². The summed E-state index contributed by atoms with van der Waals surface area (Å²) < 4.78 is 34.1. The van der Waals surface area contributed by atoms with Gasteiger partial charge in [0.25, 0.3) is 0 Å². The smallest absolute Gasteiger partial charge is 0.303 e. The first-order chi connectivity index (χ1) is 31.0. The summed E-state index contributed by atoms with van der Waals surface area (Å²) in [7, 11) is 0. The minimum Gasteiger partial charge on any atom is -0.463 e. The number of unbranched alkanes of at least 4 members (excludes halogenated alkanes) is 29. The SMILES string of the molecule is CCCCCCCCCCCCCCCCCCN(CCO[C@@H]1OC(COC(C)=O)[C@H](OC(C)=O)C(OC(C)=O)C1OC(C)=O)C(=O)CCCCCCCCCCCCCCCCC. The summed E-state index contributed by atoms with van der Waals surface area (Å²) in [5.41, 5.74) is 0. The van der Waals surface area contributed by atoms with E-state index in [0.29, 0.717) is 13.0 Å². The molecule has 12 heteroatoms. The van der Waals surface area contributed by atoms with Gasteiger partial charge in [-0.2, -0.15) is 0 Å². The Hall–Kier alpha value is -2.73. The number of rotatable bonds is 42. The van der Waals surface area contributed by atoms with Crippen molar-refractivity contribution in [2.24, 2.45) is 0 Å². The van der Waals surface area contributed by atoms with Crippen LogP contribution in [0.25, 0.3) is 0 Å². The molecule has 1 aliphatic rings. The molecule has 0 aromatic heterocycles. The summed E-state index contributed by atoms with van der Waals surface area (Å²) in [6, 6.07) is 0. The van der Waals surface area contributed by atoms with Gasteiger partial charge in [-0.05, 0) is 12.8 Å². The Morgan fingerprint density at radius 2 is 0.781 bits per heavy atom.